The number of nitrogens with zero attached hydrogens (tertiary/aromatic N) is 1. The molecular formula is C27H28BrNO4. The number of amides is 1. The molecule has 1 amide bonds. The first-order valence-corrected chi connectivity index (χ1v) is 12.0. The van der Waals surface area contributed by atoms with Crippen LogP contribution in [0.4, 0.5) is 0 Å². The summed E-state index contributed by atoms with van der Waals surface area (Å²) in [6, 6.07) is 14.4. The number of rotatable bonds is 6. The van der Waals surface area contributed by atoms with Crippen molar-refractivity contribution in [2.24, 2.45) is 0 Å². The molecule has 0 aliphatic carbocycles. The summed E-state index contributed by atoms with van der Waals surface area (Å²) >= 11 is 3.43. The van der Waals surface area contributed by atoms with Crippen LogP contribution in [0.25, 0.3) is 11.0 Å². The normalized spacial score (nSPS) is 16.8. The Kier molecular flexibility index (Phi) is 6.23. The van der Waals surface area contributed by atoms with E-state index in [0.717, 1.165) is 33.8 Å². The molecule has 5 nitrogen and oxygen atoms in total. The number of hydrogen-bond acceptors (Lipinski definition) is 4. The van der Waals surface area contributed by atoms with E-state index in [9.17, 15) is 14.7 Å². The van der Waals surface area contributed by atoms with E-state index in [1.54, 1.807) is 17.0 Å². The van der Waals surface area contributed by atoms with Crippen LogP contribution in [0.2, 0.25) is 0 Å². The Bertz CT molecular complexity index is 1250. The summed E-state index contributed by atoms with van der Waals surface area (Å²) in [5, 5.41) is 11.6. The second-order valence-electron chi connectivity index (χ2n) is 9.51. The van der Waals surface area contributed by atoms with Gasteiger partial charge in [0.25, 0.3) is 5.91 Å². The number of carbonyl (C=O) groups is 2. The van der Waals surface area contributed by atoms with Gasteiger partial charge in [0, 0.05) is 16.4 Å². The van der Waals surface area contributed by atoms with Gasteiger partial charge in [0.05, 0.1) is 11.6 Å². The van der Waals surface area contributed by atoms with Crippen LogP contribution in [-0.4, -0.2) is 28.2 Å². The molecule has 172 valence electrons. The molecule has 1 unspecified atom stereocenters. The fourth-order valence-corrected chi connectivity index (χ4v) is 4.59. The van der Waals surface area contributed by atoms with Crippen LogP contribution in [0.15, 0.2) is 68.8 Å². The second-order valence-corrected chi connectivity index (χ2v) is 10.4. The zero-order chi connectivity index (χ0) is 23.9. The SMILES string of the molecule is CCCCN1C(=O)C(O)=C(C(=O)c2cc3cc(Br)ccc3o2)C1c1ccc(C(C)(C)C)cc1. The lowest BCUT2D eigenvalue weighted by atomic mass is 9.85. The topological polar surface area (TPSA) is 70.8 Å². The van der Waals surface area contributed by atoms with Gasteiger partial charge in [-0.15, -0.1) is 0 Å². The lowest BCUT2D eigenvalue weighted by Crippen LogP contribution is -2.32. The van der Waals surface area contributed by atoms with Gasteiger partial charge in [0.2, 0.25) is 5.78 Å². The second kappa shape index (κ2) is 8.82. The fourth-order valence-electron chi connectivity index (χ4n) is 4.22. The molecule has 1 aliphatic heterocycles. The third-order valence-electron chi connectivity index (χ3n) is 6.10. The monoisotopic (exact) mass is 509 g/mol. The zero-order valence-corrected chi connectivity index (χ0v) is 20.9. The summed E-state index contributed by atoms with van der Waals surface area (Å²) in [7, 11) is 0. The van der Waals surface area contributed by atoms with E-state index in [1.807, 2.05) is 43.3 Å². The van der Waals surface area contributed by atoms with E-state index in [2.05, 4.69) is 36.7 Å². The van der Waals surface area contributed by atoms with E-state index in [0.29, 0.717) is 12.1 Å². The molecule has 2 aromatic carbocycles. The van der Waals surface area contributed by atoms with Crippen molar-refractivity contribution in [3.63, 3.8) is 0 Å². The van der Waals surface area contributed by atoms with Crippen LogP contribution in [0.1, 0.15) is 68.3 Å². The van der Waals surface area contributed by atoms with Crippen molar-refractivity contribution in [3.05, 3.63) is 81.2 Å². The predicted octanol–water partition coefficient (Wildman–Crippen LogP) is 6.87. The molecule has 33 heavy (non-hydrogen) atoms. The Morgan fingerprint density at radius 3 is 2.45 bits per heavy atom. The largest absolute Gasteiger partial charge is 0.503 e. The summed E-state index contributed by atoms with van der Waals surface area (Å²) in [4.78, 5) is 28.2. The summed E-state index contributed by atoms with van der Waals surface area (Å²) in [6.07, 6.45) is 1.66. The molecule has 0 bridgehead atoms. The van der Waals surface area contributed by atoms with Crippen molar-refractivity contribution in [1.29, 1.82) is 0 Å². The number of aliphatic hydroxyl groups excluding tert-OH is 1. The van der Waals surface area contributed by atoms with Crippen LogP contribution >= 0.6 is 15.9 Å². The van der Waals surface area contributed by atoms with Crippen LogP contribution in [0, 0.1) is 0 Å². The van der Waals surface area contributed by atoms with E-state index >= 15 is 0 Å². The Morgan fingerprint density at radius 2 is 1.82 bits per heavy atom. The average molecular weight is 510 g/mol. The van der Waals surface area contributed by atoms with Crippen LogP contribution in [0.3, 0.4) is 0 Å². The Labute approximate surface area is 202 Å². The smallest absolute Gasteiger partial charge is 0.290 e. The molecule has 0 saturated carbocycles. The van der Waals surface area contributed by atoms with E-state index in [1.165, 1.54) is 0 Å². The average Bonchev–Trinajstić information content (AvgIpc) is 3.30. The molecule has 0 saturated heterocycles. The third kappa shape index (κ3) is 4.36. The molecule has 6 heteroatoms. The van der Waals surface area contributed by atoms with E-state index in [4.69, 9.17) is 4.42 Å². The molecule has 4 rings (SSSR count). The minimum atomic E-state index is -0.662. The molecule has 1 aromatic heterocycles. The molecule has 0 radical (unpaired) electrons. The number of unbranched alkanes of at least 4 members (excludes halogenated alkanes) is 1. The number of aliphatic hydroxyl groups is 1. The van der Waals surface area contributed by atoms with Gasteiger partial charge in [-0.2, -0.15) is 0 Å². The van der Waals surface area contributed by atoms with Crippen LogP contribution in [0.5, 0.6) is 0 Å². The van der Waals surface area contributed by atoms with Gasteiger partial charge >= 0.3 is 0 Å². The van der Waals surface area contributed by atoms with Crippen molar-refractivity contribution < 1.29 is 19.1 Å². The first kappa shape index (κ1) is 23.3. The van der Waals surface area contributed by atoms with Gasteiger partial charge in [-0.1, -0.05) is 74.3 Å². The van der Waals surface area contributed by atoms with Crippen molar-refractivity contribution in [2.45, 2.75) is 52.0 Å². The molecular weight excluding hydrogens is 482 g/mol. The van der Waals surface area contributed by atoms with E-state index < -0.39 is 23.5 Å². The summed E-state index contributed by atoms with van der Waals surface area (Å²) in [6.45, 7) is 8.90. The lowest BCUT2D eigenvalue weighted by Gasteiger charge is -2.27. The highest BCUT2D eigenvalue weighted by molar-refractivity contribution is 9.10. The molecule has 2 heterocycles. The Morgan fingerprint density at radius 1 is 1.12 bits per heavy atom. The predicted molar refractivity (Wildman–Crippen MR) is 132 cm³/mol. The number of Topliss-reactive ketones (excluding diaryl/α,β-unsaturated/α-hetero) is 1. The van der Waals surface area contributed by atoms with Crippen molar-refractivity contribution in [2.75, 3.05) is 6.54 Å². The maximum atomic E-state index is 13.6. The first-order valence-electron chi connectivity index (χ1n) is 11.2. The summed E-state index contributed by atoms with van der Waals surface area (Å²) in [5.74, 6) is -1.39. The van der Waals surface area contributed by atoms with E-state index in [-0.39, 0.29) is 16.7 Å². The molecule has 1 N–H and O–H groups in total. The number of halogens is 1. The number of furan rings is 1. The molecule has 1 atom stereocenters. The quantitative estimate of drug-likeness (QED) is 0.368. The van der Waals surface area contributed by atoms with Gasteiger partial charge < -0.3 is 14.4 Å². The van der Waals surface area contributed by atoms with Gasteiger partial charge in [-0.3, -0.25) is 9.59 Å². The number of hydrogen-bond donors (Lipinski definition) is 1. The number of benzene rings is 2. The Hall–Kier alpha value is -2.86. The fraction of sp³-hybridized carbons (Fsp3) is 0.333. The van der Waals surface area contributed by atoms with Gasteiger partial charge in [0.1, 0.15) is 5.58 Å². The molecule has 3 aromatic rings. The summed E-state index contributed by atoms with van der Waals surface area (Å²) in [5.41, 5.74) is 2.56. The Balaban J connectivity index is 1.78. The standard InChI is InChI=1S/C27H28BrNO4/c1-5-6-13-29-23(16-7-9-18(10-8-16)27(2,3)4)22(25(31)26(29)32)24(30)21-15-17-14-19(28)11-12-20(17)33-21/h7-12,14-15,23,31H,5-6,13H2,1-4H3. The van der Waals surface area contributed by atoms with Crippen LogP contribution in [-0.2, 0) is 10.2 Å². The first-order chi connectivity index (χ1) is 15.6. The minimum absolute atomic E-state index is 0.0227. The van der Waals surface area contributed by atoms with Crippen molar-refractivity contribution >= 4 is 38.6 Å². The maximum absolute atomic E-state index is 13.6. The van der Waals surface area contributed by atoms with Gasteiger partial charge in [0.15, 0.2) is 11.5 Å². The maximum Gasteiger partial charge on any atom is 0.290 e. The van der Waals surface area contributed by atoms with Crippen molar-refractivity contribution in [1.82, 2.24) is 4.90 Å². The summed E-state index contributed by atoms with van der Waals surface area (Å²) < 4.78 is 6.67. The van der Waals surface area contributed by atoms with Gasteiger partial charge in [-0.05, 0) is 47.2 Å². The van der Waals surface area contributed by atoms with Crippen LogP contribution < -0.4 is 0 Å². The highest BCUT2D eigenvalue weighted by atomic mass is 79.9. The third-order valence-corrected chi connectivity index (χ3v) is 6.59. The van der Waals surface area contributed by atoms with Gasteiger partial charge in [-0.25, -0.2) is 0 Å². The lowest BCUT2D eigenvalue weighted by molar-refractivity contribution is -0.129. The minimum Gasteiger partial charge on any atom is -0.503 e. The number of ketones is 1. The number of carbonyl (C=O) groups excluding carboxylic acids is 2. The molecule has 0 fully saturated rings. The molecule has 0 spiro atoms. The highest BCUT2D eigenvalue weighted by Gasteiger charge is 2.44. The van der Waals surface area contributed by atoms with Crippen molar-refractivity contribution in [3.8, 4) is 0 Å². The highest BCUT2D eigenvalue weighted by Crippen LogP contribution is 2.40. The molecule has 1 aliphatic rings. The zero-order valence-electron chi connectivity index (χ0n) is 19.3. The number of fused-ring (bicyclic) bond motifs is 1.